The van der Waals surface area contributed by atoms with Crippen molar-refractivity contribution in [1.29, 1.82) is 0 Å². The second-order valence-electron chi connectivity index (χ2n) is 2.62. The Kier molecular flexibility index (Phi) is 3.63. The summed E-state index contributed by atoms with van der Waals surface area (Å²) in [4.78, 5) is 14.4. The third-order valence-corrected chi connectivity index (χ3v) is 2.00. The molecule has 0 unspecified atom stereocenters. The summed E-state index contributed by atoms with van der Waals surface area (Å²) < 4.78 is 3.12. The van der Waals surface area contributed by atoms with Crippen LogP contribution in [0.2, 0.25) is 0 Å². The highest BCUT2D eigenvalue weighted by molar-refractivity contribution is 7.78. The molecule has 0 bridgehead atoms. The van der Waals surface area contributed by atoms with Gasteiger partial charge in [0.25, 0.3) is 0 Å². The van der Waals surface area contributed by atoms with Crippen LogP contribution in [0.25, 0.3) is 0 Å². The molecule has 6 heteroatoms. The maximum atomic E-state index is 10.5. The molecule has 13 heavy (non-hydrogen) atoms. The van der Waals surface area contributed by atoms with Gasteiger partial charge < -0.3 is 10.3 Å². The maximum absolute atomic E-state index is 10.5. The standard InChI is InChI=1S/C7H12N4OS/c8-7(12)11(13)4-1-3-10-5-2-9-6-10/h2,5-6,13H,1,3-4H2,(H2,8,12). The minimum atomic E-state index is -0.519. The molecule has 0 spiro atoms. The van der Waals surface area contributed by atoms with Gasteiger partial charge in [-0.15, -0.1) is 0 Å². The molecular formula is C7H12N4OS. The second kappa shape index (κ2) is 4.76. The highest BCUT2D eigenvalue weighted by atomic mass is 32.1. The molecule has 0 aromatic carbocycles. The lowest BCUT2D eigenvalue weighted by molar-refractivity contribution is 0.234. The number of rotatable bonds is 4. The van der Waals surface area contributed by atoms with E-state index in [-0.39, 0.29) is 0 Å². The Bertz CT molecular complexity index is 261. The first kappa shape index (κ1) is 9.91. The third-order valence-electron chi connectivity index (χ3n) is 1.60. The average molecular weight is 200 g/mol. The number of hydrogen-bond acceptors (Lipinski definition) is 3. The van der Waals surface area contributed by atoms with Crippen LogP contribution in [0.4, 0.5) is 4.79 Å². The Morgan fingerprint density at radius 3 is 3.00 bits per heavy atom. The molecule has 1 rings (SSSR count). The summed E-state index contributed by atoms with van der Waals surface area (Å²) in [5, 5.41) is 0. The number of imidazole rings is 1. The highest BCUT2D eigenvalue weighted by Crippen LogP contribution is 1.97. The van der Waals surface area contributed by atoms with Crippen molar-refractivity contribution in [2.45, 2.75) is 13.0 Å². The number of urea groups is 1. The SMILES string of the molecule is NC(=O)N(S)CCCn1ccnc1. The number of nitrogens with two attached hydrogens (primary N) is 1. The molecule has 72 valence electrons. The summed E-state index contributed by atoms with van der Waals surface area (Å²) >= 11 is 3.89. The molecule has 0 atom stereocenters. The van der Waals surface area contributed by atoms with E-state index in [4.69, 9.17) is 5.73 Å². The molecule has 1 heterocycles. The van der Waals surface area contributed by atoms with Crippen LogP contribution in [0.15, 0.2) is 18.7 Å². The smallest absolute Gasteiger partial charge is 0.324 e. The van der Waals surface area contributed by atoms with Crippen molar-refractivity contribution in [3.05, 3.63) is 18.7 Å². The van der Waals surface area contributed by atoms with Gasteiger partial charge in [0, 0.05) is 25.5 Å². The summed E-state index contributed by atoms with van der Waals surface area (Å²) in [6.45, 7) is 1.35. The summed E-state index contributed by atoms with van der Waals surface area (Å²) in [7, 11) is 0. The van der Waals surface area contributed by atoms with Gasteiger partial charge in [0.05, 0.1) is 6.33 Å². The van der Waals surface area contributed by atoms with Crippen LogP contribution < -0.4 is 5.73 Å². The topological polar surface area (TPSA) is 64.2 Å². The van der Waals surface area contributed by atoms with Crippen LogP contribution in [0.3, 0.4) is 0 Å². The Labute approximate surface area is 82.1 Å². The van der Waals surface area contributed by atoms with Gasteiger partial charge in [-0.25, -0.2) is 9.78 Å². The van der Waals surface area contributed by atoms with Crippen LogP contribution in [-0.4, -0.2) is 26.4 Å². The molecule has 0 fully saturated rings. The van der Waals surface area contributed by atoms with E-state index in [2.05, 4.69) is 17.8 Å². The van der Waals surface area contributed by atoms with Crippen LogP contribution in [-0.2, 0) is 6.54 Å². The van der Waals surface area contributed by atoms with Crippen LogP contribution in [0.5, 0.6) is 0 Å². The van der Waals surface area contributed by atoms with Crippen molar-refractivity contribution >= 4 is 18.8 Å². The fourth-order valence-electron chi connectivity index (χ4n) is 0.932. The molecule has 2 amide bonds. The fourth-order valence-corrected chi connectivity index (χ4v) is 1.07. The molecule has 0 aliphatic heterocycles. The van der Waals surface area contributed by atoms with Gasteiger partial charge in [-0.3, -0.25) is 4.31 Å². The number of primary amides is 1. The number of carbonyl (C=O) groups is 1. The number of aromatic nitrogens is 2. The molecule has 1 aromatic rings. The van der Waals surface area contributed by atoms with E-state index in [1.165, 1.54) is 4.31 Å². The summed E-state index contributed by atoms with van der Waals surface area (Å²) in [6.07, 6.45) is 6.12. The number of aryl methyl sites for hydroxylation is 1. The number of nitrogens with zero attached hydrogens (tertiary/aromatic N) is 3. The molecule has 0 saturated carbocycles. The van der Waals surface area contributed by atoms with Crippen LogP contribution in [0, 0.1) is 0 Å². The van der Waals surface area contributed by atoms with Gasteiger partial charge in [0.2, 0.25) is 0 Å². The largest absolute Gasteiger partial charge is 0.351 e. The van der Waals surface area contributed by atoms with Crippen LogP contribution in [0.1, 0.15) is 6.42 Å². The first-order chi connectivity index (χ1) is 6.20. The zero-order chi connectivity index (χ0) is 9.68. The van der Waals surface area contributed by atoms with Crippen molar-refractivity contribution in [2.24, 2.45) is 5.73 Å². The van der Waals surface area contributed by atoms with Crippen molar-refractivity contribution < 1.29 is 4.79 Å². The van der Waals surface area contributed by atoms with Gasteiger partial charge in [0.1, 0.15) is 0 Å². The lowest BCUT2D eigenvalue weighted by atomic mass is 10.4. The normalized spacial score (nSPS) is 9.92. The molecule has 0 radical (unpaired) electrons. The lowest BCUT2D eigenvalue weighted by Crippen LogP contribution is -2.28. The van der Waals surface area contributed by atoms with Gasteiger partial charge in [-0.2, -0.15) is 0 Å². The molecule has 1 aromatic heterocycles. The van der Waals surface area contributed by atoms with E-state index in [1.807, 2.05) is 10.8 Å². The van der Waals surface area contributed by atoms with Gasteiger partial charge in [0.15, 0.2) is 0 Å². The minimum Gasteiger partial charge on any atom is -0.351 e. The van der Waals surface area contributed by atoms with E-state index in [1.54, 1.807) is 12.5 Å². The van der Waals surface area contributed by atoms with Crippen molar-refractivity contribution in [3.63, 3.8) is 0 Å². The molecule has 0 aliphatic rings. The number of hydrogen-bond donors (Lipinski definition) is 2. The molecule has 2 N–H and O–H groups in total. The Morgan fingerprint density at radius 2 is 2.46 bits per heavy atom. The van der Waals surface area contributed by atoms with Crippen molar-refractivity contribution in [3.8, 4) is 0 Å². The number of amides is 2. The first-order valence-electron chi connectivity index (χ1n) is 3.91. The van der Waals surface area contributed by atoms with Gasteiger partial charge >= 0.3 is 6.03 Å². The first-order valence-corrected chi connectivity index (χ1v) is 4.31. The van der Waals surface area contributed by atoms with Gasteiger partial charge in [-0.05, 0) is 6.42 Å². The molecular weight excluding hydrogens is 188 g/mol. The van der Waals surface area contributed by atoms with Crippen molar-refractivity contribution in [1.82, 2.24) is 13.9 Å². The second-order valence-corrected chi connectivity index (χ2v) is 3.10. The Morgan fingerprint density at radius 1 is 1.69 bits per heavy atom. The Balaban J connectivity index is 2.18. The predicted molar refractivity (Wildman–Crippen MR) is 52.1 cm³/mol. The van der Waals surface area contributed by atoms with E-state index in [0.29, 0.717) is 6.54 Å². The molecule has 5 nitrogen and oxygen atoms in total. The van der Waals surface area contributed by atoms with Crippen LogP contribution >= 0.6 is 12.8 Å². The predicted octanol–water partition coefficient (Wildman–Crippen LogP) is 0.499. The maximum Gasteiger partial charge on any atom is 0.324 e. The van der Waals surface area contributed by atoms with E-state index < -0.39 is 6.03 Å². The fraction of sp³-hybridized carbons (Fsp3) is 0.429. The number of thiol groups is 1. The average Bonchev–Trinajstić information content (AvgIpc) is 2.56. The third kappa shape index (κ3) is 3.37. The molecule has 0 aliphatic carbocycles. The monoisotopic (exact) mass is 200 g/mol. The summed E-state index contributed by atoms with van der Waals surface area (Å²) in [5.41, 5.74) is 4.99. The Hall–Kier alpha value is -1.17. The van der Waals surface area contributed by atoms with E-state index in [9.17, 15) is 4.79 Å². The van der Waals surface area contributed by atoms with Crippen molar-refractivity contribution in [2.75, 3.05) is 6.54 Å². The highest BCUT2D eigenvalue weighted by Gasteiger charge is 2.02. The summed E-state index contributed by atoms with van der Waals surface area (Å²) in [5.74, 6) is 0. The van der Waals surface area contributed by atoms with Gasteiger partial charge in [-0.1, -0.05) is 12.8 Å². The lowest BCUT2D eigenvalue weighted by Gasteiger charge is -2.11. The van der Waals surface area contributed by atoms with E-state index >= 15 is 0 Å². The zero-order valence-electron chi connectivity index (χ0n) is 7.13. The minimum absolute atomic E-state index is 0.519. The molecule has 0 saturated heterocycles. The van der Waals surface area contributed by atoms with E-state index in [0.717, 1.165) is 13.0 Å². The quantitative estimate of drug-likeness (QED) is 0.695. The summed E-state index contributed by atoms with van der Waals surface area (Å²) in [6, 6.07) is -0.519. The zero-order valence-corrected chi connectivity index (χ0v) is 8.02. The number of carbonyl (C=O) groups excluding carboxylic acids is 1.